The van der Waals surface area contributed by atoms with Crippen molar-refractivity contribution in [1.29, 1.82) is 0 Å². The molecule has 1 unspecified atom stereocenters. The molecule has 0 saturated carbocycles. The highest BCUT2D eigenvalue weighted by Gasteiger charge is 2.24. The Morgan fingerprint density at radius 1 is 1.17 bits per heavy atom. The van der Waals surface area contributed by atoms with Crippen molar-refractivity contribution in [2.24, 2.45) is 0 Å². The molecule has 3 rings (SSSR count). The lowest BCUT2D eigenvalue weighted by Gasteiger charge is -2.17. The Bertz CT molecular complexity index is 580. The van der Waals surface area contributed by atoms with E-state index in [1.54, 1.807) is 0 Å². The van der Waals surface area contributed by atoms with Crippen LogP contribution in [0.2, 0.25) is 5.02 Å². The number of benzene rings is 2. The molecule has 0 fully saturated rings. The summed E-state index contributed by atoms with van der Waals surface area (Å²) in [5, 5.41) is 7.55. The van der Waals surface area contributed by atoms with Crippen LogP contribution in [-0.4, -0.2) is 7.05 Å². The largest absolute Gasteiger partial charge is 0.388 e. The Labute approximate surface area is 112 Å². The first-order valence-corrected chi connectivity index (χ1v) is 6.46. The maximum absolute atomic E-state index is 6.12. The van der Waals surface area contributed by atoms with Gasteiger partial charge in [-0.05, 0) is 34.9 Å². The molecule has 1 heterocycles. The van der Waals surface area contributed by atoms with Gasteiger partial charge in [0.05, 0.1) is 6.04 Å². The summed E-state index contributed by atoms with van der Waals surface area (Å²) in [5.41, 5.74) is 5.03. The molecule has 2 nitrogen and oxygen atoms in total. The summed E-state index contributed by atoms with van der Waals surface area (Å²) in [6, 6.07) is 14.7. The molecular formula is C15H15ClN2. The van der Waals surface area contributed by atoms with Crippen molar-refractivity contribution in [3.05, 3.63) is 64.2 Å². The molecular weight excluding hydrogens is 244 g/mol. The van der Waals surface area contributed by atoms with E-state index in [2.05, 4.69) is 34.9 Å². The Kier molecular flexibility index (Phi) is 2.98. The molecule has 1 atom stereocenters. The van der Waals surface area contributed by atoms with Gasteiger partial charge in [-0.25, -0.2) is 0 Å². The number of halogens is 1. The highest BCUT2D eigenvalue weighted by molar-refractivity contribution is 6.30. The number of fused-ring (bicyclic) bond motifs is 1. The minimum absolute atomic E-state index is 0.224. The number of nitrogens with one attached hydrogen (secondary N) is 2. The van der Waals surface area contributed by atoms with E-state index in [1.165, 1.54) is 16.7 Å². The lowest BCUT2D eigenvalue weighted by Crippen LogP contribution is -2.15. The minimum atomic E-state index is 0.224. The third-order valence-corrected chi connectivity index (χ3v) is 3.69. The fourth-order valence-electron chi connectivity index (χ4n) is 2.58. The topological polar surface area (TPSA) is 24.1 Å². The second-order valence-electron chi connectivity index (χ2n) is 4.49. The molecule has 0 radical (unpaired) electrons. The van der Waals surface area contributed by atoms with Crippen LogP contribution >= 0.6 is 11.6 Å². The third kappa shape index (κ3) is 1.88. The molecule has 1 aliphatic rings. The summed E-state index contributed by atoms with van der Waals surface area (Å²) >= 11 is 6.12. The normalized spacial score (nSPS) is 17.6. The quantitative estimate of drug-likeness (QED) is 0.861. The molecule has 2 aromatic rings. The van der Waals surface area contributed by atoms with Crippen molar-refractivity contribution in [2.45, 2.75) is 12.6 Å². The summed E-state index contributed by atoms with van der Waals surface area (Å²) < 4.78 is 0. The Balaban J connectivity index is 2.09. The van der Waals surface area contributed by atoms with E-state index < -0.39 is 0 Å². The minimum Gasteiger partial charge on any atom is -0.388 e. The molecule has 92 valence electrons. The molecule has 0 amide bonds. The average molecular weight is 259 g/mol. The first-order chi connectivity index (χ1) is 8.79. The Morgan fingerprint density at radius 3 is 2.83 bits per heavy atom. The molecule has 2 aromatic carbocycles. The fraction of sp³-hybridized carbons (Fsp3) is 0.200. The zero-order valence-corrected chi connectivity index (χ0v) is 11.0. The first-order valence-electron chi connectivity index (χ1n) is 6.08. The molecule has 18 heavy (non-hydrogen) atoms. The third-order valence-electron chi connectivity index (χ3n) is 3.46. The van der Waals surface area contributed by atoms with E-state index in [0.717, 1.165) is 17.3 Å². The summed E-state index contributed by atoms with van der Waals surface area (Å²) in [6.45, 7) is 0.913. The van der Waals surface area contributed by atoms with Crippen LogP contribution in [0.1, 0.15) is 22.7 Å². The molecule has 0 bridgehead atoms. The van der Waals surface area contributed by atoms with Gasteiger partial charge in [-0.2, -0.15) is 0 Å². The SMILES string of the molecule is CNc1ccc(Cl)cc1C1NCc2ccccc21. The van der Waals surface area contributed by atoms with Crippen LogP contribution in [-0.2, 0) is 6.54 Å². The van der Waals surface area contributed by atoms with E-state index in [4.69, 9.17) is 11.6 Å². The predicted octanol–water partition coefficient (Wildman–Crippen LogP) is 3.57. The van der Waals surface area contributed by atoms with Crippen molar-refractivity contribution >= 4 is 17.3 Å². The average Bonchev–Trinajstić information content (AvgIpc) is 2.82. The zero-order chi connectivity index (χ0) is 12.5. The van der Waals surface area contributed by atoms with Crippen LogP contribution in [0.25, 0.3) is 0 Å². The Morgan fingerprint density at radius 2 is 2.00 bits per heavy atom. The maximum Gasteiger partial charge on any atom is 0.0603 e. The maximum atomic E-state index is 6.12. The molecule has 2 N–H and O–H groups in total. The van der Waals surface area contributed by atoms with Gasteiger partial charge in [-0.15, -0.1) is 0 Å². The molecule has 0 aromatic heterocycles. The van der Waals surface area contributed by atoms with Crippen molar-refractivity contribution in [2.75, 3.05) is 12.4 Å². The van der Waals surface area contributed by atoms with Crippen molar-refractivity contribution in [3.8, 4) is 0 Å². The zero-order valence-electron chi connectivity index (χ0n) is 10.2. The second kappa shape index (κ2) is 4.63. The van der Waals surface area contributed by atoms with Crippen LogP contribution in [0.15, 0.2) is 42.5 Å². The van der Waals surface area contributed by atoms with E-state index in [1.807, 2.05) is 25.2 Å². The predicted molar refractivity (Wildman–Crippen MR) is 76.1 cm³/mol. The van der Waals surface area contributed by atoms with Gasteiger partial charge in [0.25, 0.3) is 0 Å². The highest BCUT2D eigenvalue weighted by Crippen LogP contribution is 2.35. The van der Waals surface area contributed by atoms with Crippen LogP contribution in [0.3, 0.4) is 0 Å². The summed E-state index contributed by atoms with van der Waals surface area (Å²) in [7, 11) is 1.94. The first kappa shape index (κ1) is 11.6. The van der Waals surface area contributed by atoms with Gasteiger partial charge in [0.2, 0.25) is 0 Å². The molecule has 0 saturated heterocycles. The lowest BCUT2D eigenvalue weighted by molar-refractivity contribution is 0.668. The van der Waals surface area contributed by atoms with E-state index in [9.17, 15) is 0 Å². The lowest BCUT2D eigenvalue weighted by atomic mass is 9.97. The van der Waals surface area contributed by atoms with Gasteiger partial charge >= 0.3 is 0 Å². The van der Waals surface area contributed by atoms with Gasteiger partial charge in [0, 0.05) is 24.3 Å². The van der Waals surface area contributed by atoms with Crippen LogP contribution < -0.4 is 10.6 Å². The van der Waals surface area contributed by atoms with E-state index in [0.29, 0.717) is 0 Å². The molecule has 0 aliphatic carbocycles. The van der Waals surface area contributed by atoms with Crippen molar-refractivity contribution in [1.82, 2.24) is 5.32 Å². The standard InChI is InChI=1S/C15H15ClN2/c1-17-14-7-6-11(16)8-13(14)15-12-5-3-2-4-10(12)9-18-15/h2-8,15,17-18H,9H2,1H3. The Hall–Kier alpha value is -1.51. The number of hydrogen-bond donors (Lipinski definition) is 2. The molecule has 0 spiro atoms. The van der Waals surface area contributed by atoms with Gasteiger partial charge in [0.1, 0.15) is 0 Å². The number of hydrogen-bond acceptors (Lipinski definition) is 2. The number of rotatable bonds is 2. The monoisotopic (exact) mass is 258 g/mol. The molecule has 1 aliphatic heterocycles. The fourth-order valence-corrected chi connectivity index (χ4v) is 2.76. The van der Waals surface area contributed by atoms with E-state index in [-0.39, 0.29) is 6.04 Å². The van der Waals surface area contributed by atoms with Gasteiger partial charge in [-0.3, -0.25) is 0 Å². The highest BCUT2D eigenvalue weighted by atomic mass is 35.5. The summed E-state index contributed by atoms with van der Waals surface area (Å²) in [4.78, 5) is 0. The summed E-state index contributed by atoms with van der Waals surface area (Å²) in [6.07, 6.45) is 0. The van der Waals surface area contributed by atoms with Crippen LogP contribution in [0.4, 0.5) is 5.69 Å². The van der Waals surface area contributed by atoms with Gasteiger partial charge in [0.15, 0.2) is 0 Å². The van der Waals surface area contributed by atoms with Crippen LogP contribution in [0.5, 0.6) is 0 Å². The smallest absolute Gasteiger partial charge is 0.0603 e. The number of anilines is 1. The molecule has 3 heteroatoms. The van der Waals surface area contributed by atoms with Crippen molar-refractivity contribution < 1.29 is 0 Å². The van der Waals surface area contributed by atoms with Gasteiger partial charge in [-0.1, -0.05) is 35.9 Å². The van der Waals surface area contributed by atoms with E-state index >= 15 is 0 Å². The van der Waals surface area contributed by atoms with Crippen LogP contribution in [0, 0.1) is 0 Å². The van der Waals surface area contributed by atoms with Crippen molar-refractivity contribution in [3.63, 3.8) is 0 Å². The summed E-state index contributed by atoms with van der Waals surface area (Å²) in [5.74, 6) is 0. The van der Waals surface area contributed by atoms with Gasteiger partial charge < -0.3 is 10.6 Å². The second-order valence-corrected chi connectivity index (χ2v) is 4.93.